The van der Waals surface area contributed by atoms with Gasteiger partial charge in [0.25, 0.3) is 0 Å². The van der Waals surface area contributed by atoms with Crippen LogP contribution in [0.25, 0.3) is 0 Å². The Morgan fingerprint density at radius 3 is 3.00 bits per heavy atom. The van der Waals surface area contributed by atoms with E-state index < -0.39 is 0 Å². The van der Waals surface area contributed by atoms with Crippen LogP contribution in [0.4, 0.5) is 5.82 Å². The van der Waals surface area contributed by atoms with Crippen molar-refractivity contribution in [2.45, 2.75) is 31.7 Å². The molecule has 1 aliphatic heterocycles. The standard InChI is InChI=1S/C12H16Cl2N2/c13-7-1-3-11-4-2-8-16(11)12-6-5-10(14)9-15-12/h5-6,9,11H,1-4,7-8H2. The first-order chi connectivity index (χ1) is 7.81. The highest BCUT2D eigenvalue weighted by Crippen LogP contribution is 2.27. The number of pyridine rings is 1. The van der Waals surface area contributed by atoms with Crippen LogP contribution in [-0.2, 0) is 0 Å². The molecule has 4 heteroatoms. The maximum atomic E-state index is 5.84. The van der Waals surface area contributed by atoms with E-state index in [2.05, 4.69) is 9.88 Å². The summed E-state index contributed by atoms with van der Waals surface area (Å²) in [5.74, 6) is 1.79. The Balaban J connectivity index is 2.04. The summed E-state index contributed by atoms with van der Waals surface area (Å²) in [4.78, 5) is 6.76. The summed E-state index contributed by atoms with van der Waals surface area (Å²) < 4.78 is 0. The lowest BCUT2D eigenvalue weighted by atomic mass is 10.1. The van der Waals surface area contributed by atoms with E-state index in [1.54, 1.807) is 6.20 Å². The zero-order valence-corrected chi connectivity index (χ0v) is 10.7. The van der Waals surface area contributed by atoms with E-state index in [9.17, 15) is 0 Å². The Hall–Kier alpha value is -0.470. The minimum atomic E-state index is 0.604. The Morgan fingerprint density at radius 1 is 1.44 bits per heavy atom. The third kappa shape index (κ3) is 2.80. The van der Waals surface area contributed by atoms with Crippen LogP contribution in [0.1, 0.15) is 25.7 Å². The second-order valence-corrected chi connectivity index (χ2v) is 4.97. The average Bonchev–Trinajstić information content (AvgIpc) is 2.75. The van der Waals surface area contributed by atoms with Gasteiger partial charge in [-0.1, -0.05) is 11.6 Å². The molecule has 1 unspecified atom stereocenters. The summed E-state index contributed by atoms with van der Waals surface area (Å²) in [6.07, 6.45) is 6.45. The molecule has 1 aromatic heterocycles. The highest BCUT2D eigenvalue weighted by atomic mass is 35.5. The van der Waals surface area contributed by atoms with Crippen LogP contribution in [-0.4, -0.2) is 23.5 Å². The number of hydrogen-bond donors (Lipinski definition) is 0. The second kappa shape index (κ2) is 5.74. The number of hydrogen-bond acceptors (Lipinski definition) is 2. The van der Waals surface area contributed by atoms with Gasteiger partial charge in [-0.15, -0.1) is 11.6 Å². The number of halogens is 2. The molecule has 2 heterocycles. The van der Waals surface area contributed by atoms with Crippen molar-refractivity contribution in [3.05, 3.63) is 23.4 Å². The van der Waals surface area contributed by atoms with Crippen LogP contribution in [0, 0.1) is 0 Å². The number of rotatable bonds is 4. The van der Waals surface area contributed by atoms with Crippen molar-refractivity contribution in [2.24, 2.45) is 0 Å². The van der Waals surface area contributed by atoms with E-state index in [1.165, 1.54) is 12.8 Å². The molecule has 0 saturated carbocycles. The topological polar surface area (TPSA) is 16.1 Å². The van der Waals surface area contributed by atoms with E-state index in [0.29, 0.717) is 11.1 Å². The van der Waals surface area contributed by atoms with Gasteiger partial charge < -0.3 is 4.90 Å². The lowest BCUT2D eigenvalue weighted by Gasteiger charge is -2.25. The summed E-state index contributed by atoms with van der Waals surface area (Å²) in [5, 5.41) is 0.695. The van der Waals surface area contributed by atoms with E-state index in [-0.39, 0.29) is 0 Å². The molecule has 0 bridgehead atoms. The Bertz CT molecular complexity index is 326. The molecule has 1 fully saturated rings. The Morgan fingerprint density at radius 2 is 2.31 bits per heavy atom. The van der Waals surface area contributed by atoms with E-state index in [1.807, 2.05) is 12.1 Å². The number of anilines is 1. The van der Waals surface area contributed by atoms with Gasteiger partial charge in [0.05, 0.1) is 5.02 Å². The molecule has 0 spiro atoms. The van der Waals surface area contributed by atoms with Gasteiger partial charge in [0.2, 0.25) is 0 Å². The molecule has 1 aliphatic rings. The van der Waals surface area contributed by atoms with Gasteiger partial charge >= 0.3 is 0 Å². The predicted octanol–water partition coefficient (Wildman–Crippen LogP) is 3.72. The quantitative estimate of drug-likeness (QED) is 0.766. The maximum absolute atomic E-state index is 5.84. The second-order valence-electron chi connectivity index (χ2n) is 4.16. The summed E-state index contributed by atoms with van der Waals surface area (Å²) >= 11 is 11.6. The first kappa shape index (κ1) is 12.0. The molecule has 88 valence electrons. The molecule has 16 heavy (non-hydrogen) atoms. The average molecular weight is 259 g/mol. The summed E-state index contributed by atoms with van der Waals surface area (Å²) in [7, 11) is 0. The third-order valence-corrected chi connectivity index (χ3v) is 3.54. The zero-order valence-electron chi connectivity index (χ0n) is 9.20. The highest BCUT2D eigenvalue weighted by Gasteiger charge is 2.24. The smallest absolute Gasteiger partial charge is 0.128 e. The van der Waals surface area contributed by atoms with Crippen molar-refractivity contribution in [2.75, 3.05) is 17.3 Å². The molecule has 1 aromatic rings. The van der Waals surface area contributed by atoms with Crippen molar-refractivity contribution >= 4 is 29.0 Å². The Labute approximate surface area is 107 Å². The van der Waals surface area contributed by atoms with Crippen LogP contribution in [0.15, 0.2) is 18.3 Å². The third-order valence-electron chi connectivity index (χ3n) is 3.05. The van der Waals surface area contributed by atoms with E-state index in [0.717, 1.165) is 31.1 Å². The molecule has 1 saturated heterocycles. The van der Waals surface area contributed by atoms with E-state index in [4.69, 9.17) is 23.2 Å². The van der Waals surface area contributed by atoms with Crippen LogP contribution in [0.3, 0.4) is 0 Å². The van der Waals surface area contributed by atoms with Crippen LogP contribution >= 0.6 is 23.2 Å². The van der Waals surface area contributed by atoms with Gasteiger partial charge in [-0.3, -0.25) is 0 Å². The molecule has 0 radical (unpaired) electrons. The fraction of sp³-hybridized carbons (Fsp3) is 0.583. The lowest BCUT2D eigenvalue weighted by molar-refractivity contribution is 0.598. The molecule has 2 nitrogen and oxygen atoms in total. The van der Waals surface area contributed by atoms with Crippen LogP contribution < -0.4 is 4.90 Å². The van der Waals surface area contributed by atoms with E-state index >= 15 is 0 Å². The Kier molecular flexibility index (Phi) is 4.30. The molecule has 0 aromatic carbocycles. The first-order valence-electron chi connectivity index (χ1n) is 5.75. The van der Waals surface area contributed by atoms with Crippen molar-refractivity contribution in [1.29, 1.82) is 0 Å². The monoisotopic (exact) mass is 258 g/mol. The maximum Gasteiger partial charge on any atom is 0.128 e. The molecule has 1 atom stereocenters. The molecule has 0 N–H and O–H groups in total. The molecular formula is C12H16Cl2N2. The number of nitrogens with zero attached hydrogens (tertiary/aromatic N) is 2. The van der Waals surface area contributed by atoms with Gasteiger partial charge in [0.15, 0.2) is 0 Å². The number of alkyl halides is 1. The van der Waals surface area contributed by atoms with Crippen LogP contribution in [0.5, 0.6) is 0 Å². The molecular weight excluding hydrogens is 243 g/mol. The minimum absolute atomic E-state index is 0.604. The summed E-state index contributed by atoms with van der Waals surface area (Å²) in [5.41, 5.74) is 0. The molecule has 2 rings (SSSR count). The largest absolute Gasteiger partial charge is 0.354 e. The predicted molar refractivity (Wildman–Crippen MR) is 69.6 cm³/mol. The van der Waals surface area contributed by atoms with Crippen molar-refractivity contribution < 1.29 is 0 Å². The van der Waals surface area contributed by atoms with Crippen LogP contribution in [0.2, 0.25) is 5.02 Å². The number of aromatic nitrogens is 1. The molecule has 0 amide bonds. The highest BCUT2D eigenvalue weighted by molar-refractivity contribution is 6.30. The zero-order chi connectivity index (χ0) is 11.4. The minimum Gasteiger partial charge on any atom is -0.354 e. The van der Waals surface area contributed by atoms with Gasteiger partial charge in [-0.05, 0) is 37.8 Å². The first-order valence-corrected chi connectivity index (χ1v) is 6.66. The fourth-order valence-corrected chi connectivity index (χ4v) is 2.55. The summed E-state index contributed by atoms with van der Waals surface area (Å²) in [6.45, 7) is 1.10. The normalized spacial score (nSPS) is 20.4. The fourth-order valence-electron chi connectivity index (χ4n) is 2.29. The van der Waals surface area contributed by atoms with Gasteiger partial charge in [0.1, 0.15) is 5.82 Å². The van der Waals surface area contributed by atoms with Crippen molar-refractivity contribution in [1.82, 2.24) is 4.98 Å². The summed E-state index contributed by atoms with van der Waals surface area (Å²) in [6, 6.07) is 4.51. The van der Waals surface area contributed by atoms with Gasteiger partial charge in [-0.2, -0.15) is 0 Å². The van der Waals surface area contributed by atoms with Gasteiger partial charge in [0, 0.05) is 24.7 Å². The SMILES string of the molecule is ClCCCC1CCCN1c1ccc(Cl)cn1. The van der Waals surface area contributed by atoms with Crippen molar-refractivity contribution in [3.8, 4) is 0 Å². The lowest BCUT2D eigenvalue weighted by Crippen LogP contribution is -2.29. The van der Waals surface area contributed by atoms with Gasteiger partial charge in [-0.25, -0.2) is 4.98 Å². The molecule has 0 aliphatic carbocycles. The van der Waals surface area contributed by atoms with Crippen molar-refractivity contribution in [3.63, 3.8) is 0 Å².